The number of hydrogen-bond donors (Lipinski definition) is 7. The van der Waals surface area contributed by atoms with Crippen LogP contribution in [0.1, 0.15) is 0 Å². The molecule has 11 heteroatoms. The molecule has 4 aromatic carbocycles. The number of hydrogen-bond acceptors (Lipinski definition) is 11. The van der Waals surface area contributed by atoms with E-state index in [1.165, 1.54) is 24.3 Å². The molecular weight excluding hydrogens is 464 g/mol. The van der Waals surface area contributed by atoms with E-state index in [0.717, 1.165) is 30.3 Å². The Morgan fingerprint density at radius 2 is 0.943 bits per heavy atom. The van der Waals surface area contributed by atoms with Crippen molar-refractivity contribution in [2.45, 2.75) is 0 Å². The van der Waals surface area contributed by atoms with Gasteiger partial charge in [-0.25, -0.2) is 0 Å². The van der Waals surface area contributed by atoms with Crippen LogP contribution in [0.2, 0.25) is 0 Å². The first kappa shape index (κ1) is 21.5. The number of ether oxygens (including phenoxy) is 4. The molecule has 11 nitrogen and oxygen atoms in total. The van der Waals surface area contributed by atoms with Gasteiger partial charge in [-0.3, -0.25) is 0 Å². The van der Waals surface area contributed by atoms with Crippen LogP contribution in [-0.4, -0.2) is 35.7 Å². The Morgan fingerprint density at radius 3 is 1.54 bits per heavy atom. The molecule has 0 atom stereocenters. The Bertz CT molecular complexity index is 1440. The molecule has 4 aromatic rings. The number of fused-ring (bicyclic) bond motifs is 2. The van der Waals surface area contributed by atoms with E-state index in [4.69, 9.17) is 18.9 Å². The van der Waals surface area contributed by atoms with Gasteiger partial charge in [-0.2, -0.15) is 0 Å². The van der Waals surface area contributed by atoms with Gasteiger partial charge >= 0.3 is 0 Å². The summed E-state index contributed by atoms with van der Waals surface area (Å²) in [7, 11) is 0. The molecule has 0 spiro atoms. The van der Waals surface area contributed by atoms with Crippen LogP contribution in [0, 0.1) is 0 Å². The highest BCUT2D eigenvalue weighted by atomic mass is 16.6. The van der Waals surface area contributed by atoms with Crippen LogP contribution in [0.5, 0.6) is 86.2 Å². The Kier molecular flexibility index (Phi) is 4.87. The molecule has 0 radical (unpaired) electrons. The third kappa shape index (κ3) is 4.09. The van der Waals surface area contributed by atoms with Crippen molar-refractivity contribution in [2.24, 2.45) is 0 Å². The lowest BCUT2D eigenvalue weighted by Gasteiger charge is -2.24. The van der Waals surface area contributed by atoms with E-state index >= 15 is 0 Å². The van der Waals surface area contributed by atoms with Crippen LogP contribution in [0.15, 0.2) is 54.6 Å². The van der Waals surface area contributed by atoms with Gasteiger partial charge in [-0.05, 0) is 0 Å². The molecule has 178 valence electrons. The van der Waals surface area contributed by atoms with Crippen LogP contribution in [0.4, 0.5) is 0 Å². The lowest BCUT2D eigenvalue weighted by molar-refractivity contribution is 0.299. The van der Waals surface area contributed by atoms with Crippen molar-refractivity contribution in [1.82, 2.24) is 0 Å². The summed E-state index contributed by atoms with van der Waals surface area (Å²) >= 11 is 0. The Balaban J connectivity index is 1.52. The molecule has 0 saturated carbocycles. The Morgan fingerprint density at radius 1 is 0.429 bits per heavy atom. The van der Waals surface area contributed by atoms with Crippen molar-refractivity contribution >= 4 is 0 Å². The molecule has 0 bridgehead atoms. The van der Waals surface area contributed by atoms with Crippen molar-refractivity contribution < 1.29 is 54.7 Å². The summed E-state index contributed by atoms with van der Waals surface area (Å²) in [5, 5.41) is 69.8. The highest BCUT2D eigenvalue weighted by molar-refractivity contribution is 5.72. The van der Waals surface area contributed by atoms with Gasteiger partial charge in [0.2, 0.25) is 23.0 Å². The molecule has 0 saturated heterocycles. The van der Waals surface area contributed by atoms with Crippen LogP contribution >= 0.6 is 0 Å². The van der Waals surface area contributed by atoms with Crippen LogP contribution < -0.4 is 18.9 Å². The van der Waals surface area contributed by atoms with E-state index < -0.39 is 17.2 Å². The van der Waals surface area contributed by atoms with Gasteiger partial charge in [-0.15, -0.1) is 0 Å². The van der Waals surface area contributed by atoms with E-state index in [0.29, 0.717) is 0 Å². The second-order valence-corrected chi connectivity index (χ2v) is 7.45. The number of rotatable bonds is 4. The van der Waals surface area contributed by atoms with Crippen LogP contribution in [0.25, 0.3) is 0 Å². The van der Waals surface area contributed by atoms with Gasteiger partial charge in [0.1, 0.15) is 40.2 Å². The van der Waals surface area contributed by atoms with Crippen LogP contribution in [0.3, 0.4) is 0 Å². The summed E-state index contributed by atoms with van der Waals surface area (Å²) in [6, 6.07) is 10.4. The molecule has 1 aliphatic heterocycles. The maximum atomic E-state index is 10.5. The number of phenols is 7. The quantitative estimate of drug-likeness (QED) is 0.182. The fraction of sp³-hybridized carbons (Fsp3) is 0. The zero-order valence-corrected chi connectivity index (χ0v) is 17.5. The van der Waals surface area contributed by atoms with Gasteiger partial charge < -0.3 is 54.7 Å². The van der Waals surface area contributed by atoms with Crippen molar-refractivity contribution in [1.29, 1.82) is 0 Å². The molecule has 5 rings (SSSR count). The normalized spacial score (nSPS) is 11.5. The average Bonchev–Trinajstić information content (AvgIpc) is 2.74. The second kappa shape index (κ2) is 7.92. The third-order valence-electron chi connectivity index (χ3n) is 4.78. The molecule has 1 heterocycles. The number of benzene rings is 4. The maximum Gasteiger partial charge on any atom is 0.220 e. The topological polar surface area (TPSA) is 179 Å². The molecule has 0 aromatic heterocycles. The van der Waals surface area contributed by atoms with Crippen molar-refractivity contribution in [2.75, 3.05) is 0 Å². The summed E-state index contributed by atoms with van der Waals surface area (Å²) in [6.45, 7) is 0. The highest BCUT2D eigenvalue weighted by Gasteiger charge is 2.32. The summed E-state index contributed by atoms with van der Waals surface area (Å²) in [5.74, 6) is -3.72. The van der Waals surface area contributed by atoms with Crippen LogP contribution in [-0.2, 0) is 0 Å². The molecule has 0 aliphatic carbocycles. The van der Waals surface area contributed by atoms with Gasteiger partial charge in [0, 0.05) is 54.6 Å². The second-order valence-electron chi connectivity index (χ2n) is 7.45. The van der Waals surface area contributed by atoms with Crippen molar-refractivity contribution in [3.8, 4) is 86.2 Å². The minimum absolute atomic E-state index is 0.0447. The minimum Gasteiger partial charge on any atom is -0.508 e. The minimum atomic E-state index is -0.556. The van der Waals surface area contributed by atoms with Crippen molar-refractivity contribution in [3.63, 3.8) is 0 Å². The first-order valence-electron chi connectivity index (χ1n) is 9.89. The first-order chi connectivity index (χ1) is 16.7. The summed E-state index contributed by atoms with van der Waals surface area (Å²) in [4.78, 5) is 0. The SMILES string of the molecule is Oc1cc(O)cc(Oc2cc(O)c3c(c2)Oc2c(O)cc(O)c(Oc4cc(O)cc(O)c4)c2O3)c1. The van der Waals surface area contributed by atoms with E-state index in [1.54, 1.807) is 0 Å². The Hall–Kier alpha value is -5.32. The monoisotopic (exact) mass is 480 g/mol. The summed E-state index contributed by atoms with van der Waals surface area (Å²) in [6.07, 6.45) is 0. The lowest BCUT2D eigenvalue weighted by atomic mass is 10.2. The molecule has 1 aliphatic rings. The van der Waals surface area contributed by atoms with Gasteiger partial charge in [-0.1, -0.05) is 0 Å². The third-order valence-corrected chi connectivity index (χ3v) is 4.78. The fourth-order valence-electron chi connectivity index (χ4n) is 3.41. The van der Waals surface area contributed by atoms with E-state index in [1.807, 2.05) is 0 Å². The van der Waals surface area contributed by atoms with Gasteiger partial charge in [0.25, 0.3) is 0 Å². The van der Waals surface area contributed by atoms with E-state index in [9.17, 15) is 35.7 Å². The molecule has 0 amide bonds. The van der Waals surface area contributed by atoms with Gasteiger partial charge in [0.05, 0.1) is 0 Å². The standard InChI is InChI=1S/C24H16O11/c25-10-1-11(26)4-14(3-10)32-16-7-17(29)21-20(8-16)34-23-19(31)9-18(30)22(24(23)35-21)33-15-5-12(27)2-13(28)6-15/h1-9,25-31H. The molecule has 35 heavy (non-hydrogen) atoms. The van der Waals surface area contributed by atoms with E-state index in [2.05, 4.69) is 0 Å². The zero-order valence-electron chi connectivity index (χ0n) is 17.5. The molecular formula is C24H16O11. The maximum absolute atomic E-state index is 10.5. The molecule has 0 unspecified atom stereocenters. The smallest absolute Gasteiger partial charge is 0.220 e. The van der Waals surface area contributed by atoms with Gasteiger partial charge in [0.15, 0.2) is 23.0 Å². The lowest BCUT2D eigenvalue weighted by Crippen LogP contribution is -2.02. The largest absolute Gasteiger partial charge is 0.508 e. The summed E-state index contributed by atoms with van der Waals surface area (Å²) in [5.41, 5.74) is 0. The average molecular weight is 480 g/mol. The molecule has 7 N–H and O–H groups in total. The predicted molar refractivity (Wildman–Crippen MR) is 118 cm³/mol. The molecule has 0 fully saturated rings. The summed E-state index contributed by atoms with van der Waals surface area (Å²) < 4.78 is 22.5. The van der Waals surface area contributed by atoms with E-state index in [-0.39, 0.29) is 69.0 Å². The predicted octanol–water partition coefficient (Wildman–Crippen LogP) is 5.11. The first-order valence-corrected chi connectivity index (χ1v) is 9.89. The Labute approximate surface area is 196 Å². The van der Waals surface area contributed by atoms with Crippen molar-refractivity contribution in [3.05, 3.63) is 54.6 Å². The fourth-order valence-corrected chi connectivity index (χ4v) is 3.41. The number of aromatic hydroxyl groups is 7. The number of phenolic OH excluding ortho intramolecular Hbond substituents is 7. The zero-order chi connectivity index (χ0) is 24.9. The highest BCUT2D eigenvalue weighted by Crippen LogP contribution is 2.60.